The van der Waals surface area contributed by atoms with Crippen LogP contribution < -0.4 is 11.0 Å². The van der Waals surface area contributed by atoms with Gasteiger partial charge in [-0.05, 0) is 48.4 Å². The largest absolute Gasteiger partial charge is 0.383 e. The lowest BCUT2D eigenvalue weighted by Gasteiger charge is -2.13. The first-order valence-corrected chi connectivity index (χ1v) is 10.8. The minimum absolute atomic E-state index is 0.0864. The van der Waals surface area contributed by atoms with Crippen LogP contribution in [-0.2, 0) is 16.1 Å². The van der Waals surface area contributed by atoms with Crippen molar-refractivity contribution in [1.29, 1.82) is 5.26 Å². The number of fused-ring (bicyclic) bond motifs is 2. The van der Waals surface area contributed by atoms with E-state index in [1.165, 1.54) is 23.7 Å². The number of methoxy groups -OCH3 is 1. The number of pyridine rings is 2. The molecule has 170 valence electrons. The fourth-order valence-electron chi connectivity index (χ4n) is 3.57. The van der Waals surface area contributed by atoms with E-state index in [1.54, 1.807) is 47.2 Å². The Morgan fingerprint density at radius 3 is 2.74 bits per heavy atom. The number of ether oxygens (including phenoxy) is 1. The van der Waals surface area contributed by atoms with Crippen molar-refractivity contribution >= 4 is 40.3 Å². The van der Waals surface area contributed by atoms with Crippen molar-refractivity contribution < 1.29 is 9.53 Å². The van der Waals surface area contributed by atoms with Crippen molar-refractivity contribution in [3.8, 4) is 6.07 Å². The first-order chi connectivity index (χ1) is 16.4. The maximum Gasteiger partial charge on any atom is 0.271 e. The summed E-state index contributed by atoms with van der Waals surface area (Å²) in [6.07, 6.45) is 4.55. The van der Waals surface area contributed by atoms with Gasteiger partial charge >= 0.3 is 0 Å². The minimum Gasteiger partial charge on any atom is -0.383 e. The Bertz CT molecular complexity index is 1610. The summed E-state index contributed by atoms with van der Waals surface area (Å²) in [6, 6.07) is 14.1. The van der Waals surface area contributed by atoms with Crippen LogP contribution in [0.15, 0.2) is 64.5 Å². The van der Waals surface area contributed by atoms with Crippen molar-refractivity contribution in [2.75, 3.05) is 13.7 Å². The molecule has 3 heterocycles. The Morgan fingerprint density at radius 1 is 1.26 bits per heavy atom. The molecule has 1 aromatic carbocycles. The second kappa shape index (κ2) is 9.83. The van der Waals surface area contributed by atoms with Gasteiger partial charge in [-0.3, -0.25) is 14.0 Å². The summed E-state index contributed by atoms with van der Waals surface area (Å²) in [7, 11) is 1.54. The third-order valence-electron chi connectivity index (χ3n) is 5.25. The van der Waals surface area contributed by atoms with E-state index in [9.17, 15) is 14.9 Å². The third-order valence-corrected chi connectivity index (χ3v) is 5.50. The number of hydrogen-bond acceptors (Lipinski definition) is 5. The molecule has 0 spiro atoms. The Morgan fingerprint density at radius 2 is 2.03 bits per heavy atom. The number of carbonyl (C=O) groups excluding carboxylic acids is 1. The van der Waals surface area contributed by atoms with Crippen LogP contribution in [0, 0.1) is 18.3 Å². The summed E-state index contributed by atoms with van der Waals surface area (Å²) >= 11 is 5.90. The molecule has 0 saturated carbocycles. The fraction of sp³-hybridized carbons (Fsp3) is 0.160. The molecule has 4 aromatic rings. The van der Waals surface area contributed by atoms with Gasteiger partial charge in [0, 0.05) is 31.0 Å². The standard InChI is InChI=1S/C25H20ClN5O3/c1-16-4-3-11-31-22(16)29-24-20(25(31)33)14-18(15-27)23(30(24)12-13-34-2)28-21(32)10-7-17-5-8-19(26)9-6-17/h3-11,14H,12-13H2,1-2H3/b10-7+,28-23?. The highest BCUT2D eigenvalue weighted by atomic mass is 35.5. The highest BCUT2D eigenvalue weighted by Gasteiger charge is 2.15. The van der Waals surface area contributed by atoms with Gasteiger partial charge in [-0.1, -0.05) is 29.8 Å². The minimum atomic E-state index is -0.564. The zero-order valence-corrected chi connectivity index (χ0v) is 19.3. The quantitative estimate of drug-likeness (QED) is 0.327. The molecule has 0 saturated heterocycles. The number of aromatic nitrogens is 3. The number of amides is 1. The van der Waals surface area contributed by atoms with Gasteiger partial charge in [-0.15, -0.1) is 0 Å². The number of hydrogen-bond donors (Lipinski definition) is 0. The van der Waals surface area contributed by atoms with Gasteiger partial charge in [-0.2, -0.15) is 10.3 Å². The zero-order valence-electron chi connectivity index (χ0n) is 18.5. The predicted molar refractivity (Wildman–Crippen MR) is 129 cm³/mol. The summed E-state index contributed by atoms with van der Waals surface area (Å²) in [5.41, 5.74) is 2.28. The third kappa shape index (κ3) is 4.53. The second-order valence-electron chi connectivity index (χ2n) is 7.51. The molecule has 0 aliphatic heterocycles. The van der Waals surface area contributed by atoms with Crippen molar-refractivity contribution in [3.63, 3.8) is 0 Å². The molecule has 0 radical (unpaired) electrons. The van der Waals surface area contributed by atoms with E-state index >= 15 is 0 Å². The smallest absolute Gasteiger partial charge is 0.271 e. The monoisotopic (exact) mass is 473 g/mol. The molecular weight excluding hydrogens is 454 g/mol. The van der Waals surface area contributed by atoms with Gasteiger partial charge in [0.05, 0.1) is 17.6 Å². The van der Waals surface area contributed by atoms with Crippen molar-refractivity contribution in [2.24, 2.45) is 4.99 Å². The van der Waals surface area contributed by atoms with Crippen LogP contribution in [0.4, 0.5) is 0 Å². The average Bonchev–Trinajstić information content (AvgIpc) is 2.83. The van der Waals surface area contributed by atoms with Gasteiger partial charge in [0.2, 0.25) is 0 Å². The van der Waals surface area contributed by atoms with Crippen LogP contribution in [0.1, 0.15) is 16.7 Å². The summed E-state index contributed by atoms with van der Waals surface area (Å²) in [4.78, 5) is 34.8. The highest BCUT2D eigenvalue weighted by Crippen LogP contribution is 2.13. The van der Waals surface area contributed by atoms with Gasteiger partial charge in [0.15, 0.2) is 5.49 Å². The van der Waals surface area contributed by atoms with Crippen LogP contribution in [0.5, 0.6) is 0 Å². The molecule has 4 rings (SSSR count). The number of aryl methyl sites for hydroxylation is 1. The SMILES string of the molecule is COCCn1c(=NC(=O)/C=C/c2ccc(Cl)cc2)c(C#N)cc2c(=O)n3cccc(C)c3nc21. The molecule has 1 amide bonds. The highest BCUT2D eigenvalue weighted by molar-refractivity contribution is 6.30. The number of rotatable bonds is 5. The molecule has 0 aliphatic rings. The summed E-state index contributed by atoms with van der Waals surface area (Å²) in [5, 5.41) is 10.6. The topological polar surface area (TPSA) is 102 Å². The van der Waals surface area contributed by atoms with E-state index in [0.717, 1.165) is 11.1 Å². The maximum atomic E-state index is 13.2. The number of nitriles is 1. The normalized spacial score (nSPS) is 12.0. The van der Waals surface area contributed by atoms with E-state index in [4.69, 9.17) is 21.3 Å². The lowest BCUT2D eigenvalue weighted by molar-refractivity contribution is -0.113. The summed E-state index contributed by atoms with van der Waals surface area (Å²) < 4.78 is 8.24. The number of halogens is 1. The molecule has 8 nitrogen and oxygen atoms in total. The van der Waals surface area contributed by atoms with E-state index in [-0.39, 0.29) is 35.1 Å². The van der Waals surface area contributed by atoms with E-state index < -0.39 is 5.91 Å². The molecule has 0 N–H and O–H groups in total. The van der Waals surface area contributed by atoms with E-state index in [1.807, 2.05) is 13.0 Å². The summed E-state index contributed by atoms with van der Waals surface area (Å²) in [5.74, 6) is -0.564. The van der Waals surface area contributed by atoms with Crippen LogP contribution >= 0.6 is 11.6 Å². The van der Waals surface area contributed by atoms with Gasteiger partial charge in [-0.25, -0.2) is 4.98 Å². The Labute approximate surface area is 199 Å². The lowest BCUT2D eigenvalue weighted by Crippen LogP contribution is -2.30. The maximum absolute atomic E-state index is 13.2. The van der Waals surface area contributed by atoms with Gasteiger partial charge in [0.1, 0.15) is 17.4 Å². The van der Waals surface area contributed by atoms with Crippen molar-refractivity contribution in [3.05, 3.63) is 92.3 Å². The predicted octanol–water partition coefficient (Wildman–Crippen LogP) is 3.27. The van der Waals surface area contributed by atoms with Crippen LogP contribution in [-0.4, -0.2) is 33.6 Å². The summed E-state index contributed by atoms with van der Waals surface area (Å²) in [6.45, 7) is 2.36. The average molecular weight is 474 g/mol. The van der Waals surface area contributed by atoms with Crippen LogP contribution in [0.2, 0.25) is 5.02 Å². The molecule has 34 heavy (non-hydrogen) atoms. The molecule has 0 unspecified atom stereocenters. The van der Waals surface area contributed by atoms with E-state index in [2.05, 4.69) is 11.1 Å². The van der Waals surface area contributed by atoms with Crippen LogP contribution in [0.25, 0.3) is 22.8 Å². The Hall–Kier alpha value is -4.06. The molecule has 3 aromatic heterocycles. The molecule has 0 fully saturated rings. The molecule has 0 atom stereocenters. The van der Waals surface area contributed by atoms with Crippen molar-refractivity contribution in [2.45, 2.75) is 13.5 Å². The number of benzene rings is 1. The molecule has 9 heteroatoms. The van der Waals surface area contributed by atoms with Gasteiger partial charge in [0.25, 0.3) is 11.5 Å². The second-order valence-corrected chi connectivity index (χ2v) is 7.95. The lowest BCUT2D eigenvalue weighted by atomic mass is 10.2. The first kappa shape index (κ1) is 23.1. The fourth-order valence-corrected chi connectivity index (χ4v) is 3.69. The molecular formula is C25H20ClN5O3. The van der Waals surface area contributed by atoms with Gasteiger partial charge < -0.3 is 9.30 Å². The number of carbonyl (C=O) groups is 1. The molecule has 0 aliphatic carbocycles. The van der Waals surface area contributed by atoms with Crippen LogP contribution in [0.3, 0.4) is 0 Å². The zero-order chi connectivity index (χ0) is 24.2. The molecule has 0 bridgehead atoms. The Balaban J connectivity index is 1.96. The number of nitrogens with zero attached hydrogens (tertiary/aromatic N) is 5. The Kier molecular flexibility index (Phi) is 6.68. The van der Waals surface area contributed by atoms with Crippen molar-refractivity contribution in [1.82, 2.24) is 14.0 Å². The van der Waals surface area contributed by atoms with E-state index in [0.29, 0.717) is 16.3 Å². The first-order valence-electron chi connectivity index (χ1n) is 10.4.